The molecule has 6 nitrogen and oxygen atoms in total. The largest absolute Gasteiger partial charge is 0.507 e. The molecule has 1 aromatic carbocycles. The Balaban J connectivity index is 1.86. The molecule has 1 aliphatic rings. The highest BCUT2D eigenvalue weighted by atomic mass is 16.6. The maximum atomic E-state index is 12.1. The average Bonchev–Trinajstić information content (AvgIpc) is 2.51. The van der Waals surface area contributed by atoms with Crippen molar-refractivity contribution in [3.8, 4) is 17.2 Å². The van der Waals surface area contributed by atoms with Crippen molar-refractivity contribution in [3.63, 3.8) is 0 Å². The van der Waals surface area contributed by atoms with Crippen LogP contribution in [0.2, 0.25) is 0 Å². The molecule has 118 valence electrons. The van der Waals surface area contributed by atoms with E-state index in [2.05, 4.69) is 0 Å². The summed E-state index contributed by atoms with van der Waals surface area (Å²) < 4.78 is 15.7. The van der Waals surface area contributed by atoms with Crippen LogP contribution in [0.3, 0.4) is 0 Å². The van der Waals surface area contributed by atoms with Crippen LogP contribution in [0.15, 0.2) is 39.6 Å². The van der Waals surface area contributed by atoms with Crippen LogP contribution >= 0.6 is 0 Å². The Morgan fingerprint density at radius 1 is 1.17 bits per heavy atom. The lowest BCUT2D eigenvalue weighted by molar-refractivity contribution is 0.104. The molecule has 3 rings (SSSR count). The van der Waals surface area contributed by atoms with Crippen LogP contribution in [-0.4, -0.2) is 24.1 Å². The van der Waals surface area contributed by atoms with Crippen molar-refractivity contribution < 1.29 is 23.8 Å². The Morgan fingerprint density at radius 3 is 2.65 bits per heavy atom. The third-order valence-electron chi connectivity index (χ3n) is 3.29. The number of carbonyl (C=O) groups excluding carboxylic acids is 1. The molecule has 0 spiro atoms. The standard InChI is InChI=1S/C17H14O6/c1-10-8-13(19)16(17(20)23-10)12(18)4-2-11-3-5-14-15(9-11)22-7-6-21-14/h2-5,8-9,19H,6-7H2,1H3. The Labute approximate surface area is 131 Å². The van der Waals surface area contributed by atoms with Crippen molar-refractivity contribution in [2.45, 2.75) is 6.92 Å². The predicted octanol–water partition coefficient (Wildman–Crippen LogP) is 2.32. The number of hydrogen-bond acceptors (Lipinski definition) is 6. The number of allylic oxidation sites excluding steroid dienone is 1. The Bertz CT molecular complexity index is 847. The first-order valence-electron chi connectivity index (χ1n) is 7.00. The van der Waals surface area contributed by atoms with E-state index in [9.17, 15) is 14.7 Å². The maximum Gasteiger partial charge on any atom is 0.351 e. The van der Waals surface area contributed by atoms with Crippen molar-refractivity contribution in [2.75, 3.05) is 13.2 Å². The number of carbonyl (C=O) groups is 1. The second-order valence-corrected chi connectivity index (χ2v) is 5.01. The molecule has 0 bridgehead atoms. The van der Waals surface area contributed by atoms with E-state index in [1.54, 1.807) is 18.2 Å². The van der Waals surface area contributed by atoms with E-state index in [0.29, 0.717) is 30.3 Å². The highest BCUT2D eigenvalue weighted by Crippen LogP contribution is 2.31. The van der Waals surface area contributed by atoms with Crippen molar-refractivity contribution in [2.24, 2.45) is 0 Å². The lowest BCUT2D eigenvalue weighted by atomic mass is 10.1. The van der Waals surface area contributed by atoms with Gasteiger partial charge in [0, 0.05) is 6.07 Å². The minimum Gasteiger partial charge on any atom is -0.507 e. The van der Waals surface area contributed by atoms with E-state index in [0.717, 1.165) is 0 Å². The van der Waals surface area contributed by atoms with Crippen LogP contribution in [0.4, 0.5) is 0 Å². The molecule has 0 amide bonds. The van der Waals surface area contributed by atoms with Gasteiger partial charge in [0.25, 0.3) is 0 Å². The number of aryl methyl sites for hydroxylation is 1. The van der Waals surface area contributed by atoms with Crippen molar-refractivity contribution >= 4 is 11.9 Å². The lowest BCUT2D eigenvalue weighted by Gasteiger charge is -2.18. The summed E-state index contributed by atoms with van der Waals surface area (Å²) >= 11 is 0. The molecule has 2 heterocycles. The van der Waals surface area contributed by atoms with Crippen molar-refractivity contribution in [3.05, 3.63) is 57.6 Å². The predicted molar refractivity (Wildman–Crippen MR) is 82.2 cm³/mol. The zero-order chi connectivity index (χ0) is 16.4. The van der Waals surface area contributed by atoms with Gasteiger partial charge < -0.3 is 19.0 Å². The summed E-state index contributed by atoms with van der Waals surface area (Å²) in [6, 6.07) is 6.47. The van der Waals surface area contributed by atoms with E-state index in [4.69, 9.17) is 13.9 Å². The van der Waals surface area contributed by atoms with Crippen molar-refractivity contribution in [1.82, 2.24) is 0 Å². The number of ether oxygens (including phenoxy) is 2. The molecule has 6 heteroatoms. The lowest BCUT2D eigenvalue weighted by Crippen LogP contribution is -2.15. The van der Waals surface area contributed by atoms with Gasteiger partial charge in [-0.2, -0.15) is 0 Å². The van der Waals surface area contributed by atoms with Gasteiger partial charge in [0.1, 0.15) is 30.3 Å². The first-order valence-corrected chi connectivity index (χ1v) is 7.00. The summed E-state index contributed by atoms with van der Waals surface area (Å²) in [6.45, 7) is 2.49. The topological polar surface area (TPSA) is 86.0 Å². The zero-order valence-electron chi connectivity index (χ0n) is 12.4. The molecular weight excluding hydrogens is 300 g/mol. The number of ketones is 1. The molecule has 0 aliphatic carbocycles. The monoisotopic (exact) mass is 314 g/mol. The second-order valence-electron chi connectivity index (χ2n) is 5.01. The first kappa shape index (κ1) is 14.9. The molecule has 0 radical (unpaired) electrons. The van der Waals surface area contributed by atoms with Gasteiger partial charge >= 0.3 is 5.63 Å². The van der Waals surface area contributed by atoms with Crippen LogP contribution in [-0.2, 0) is 0 Å². The molecule has 0 saturated carbocycles. The Kier molecular flexibility index (Phi) is 3.89. The van der Waals surface area contributed by atoms with Crippen LogP contribution in [0, 0.1) is 6.92 Å². The number of aromatic hydroxyl groups is 1. The minimum absolute atomic E-state index is 0.236. The third kappa shape index (κ3) is 3.11. The zero-order valence-corrected chi connectivity index (χ0v) is 12.4. The van der Waals surface area contributed by atoms with Crippen LogP contribution in [0.1, 0.15) is 21.7 Å². The van der Waals surface area contributed by atoms with E-state index >= 15 is 0 Å². The summed E-state index contributed by atoms with van der Waals surface area (Å²) in [5.41, 5.74) is -0.540. The van der Waals surface area contributed by atoms with Gasteiger partial charge in [0.05, 0.1) is 0 Å². The number of hydrogen-bond donors (Lipinski definition) is 1. The van der Waals surface area contributed by atoms with Crippen LogP contribution in [0.5, 0.6) is 17.2 Å². The normalized spacial score (nSPS) is 13.3. The third-order valence-corrected chi connectivity index (χ3v) is 3.29. The fraction of sp³-hybridized carbons (Fsp3) is 0.176. The fourth-order valence-electron chi connectivity index (χ4n) is 2.24. The SMILES string of the molecule is Cc1cc(O)c(C(=O)C=Cc2ccc3c(c2)OCCO3)c(=O)o1. The molecule has 0 unspecified atom stereocenters. The van der Waals surface area contributed by atoms with Crippen LogP contribution in [0.25, 0.3) is 6.08 Å². The molecule has 2 aromatic rings. The summed E-state index contributed by atoms with van der Waals surface area (Å²) in [4.78, 5) is 23.8. The quantitative estimate of drug-likeness (QED) is 0.691. The van der Waals surface area contributed by atoms with Gasteiger partial charge in [-0.1, -0.05) is 12.1 Å². The highest BCUT2D eigenvalue weighted by molar-refractivity contribution is 6.08. The molecule has 0 atom stereocenters. The van der Waals surface area contributed by atoms with Gasteiger partial charge in [0.2, 0.25) is 0 Å². The van der Waals surface area contributed by atoms with Crippen molar-refractivity contribution in [1.29, 1.82) is 0 Å². The van der Waals surface area contributed by atoms with E-state index in [-0.39, 0.29) is 11.3 Å². The summed E-state index contributed by atoms with van der Waals surface area (Å²) in [6.07, 6.45) is 2.73. The van der Waals surface area contributed by atoms with Gasteiger partial charge in [-0.3, -0.25) is 4.79 Å². The van der Waals surface area contributed by atoms with Gasteiger partial charge in [-0.25, -0.2) is 4.79 Å². The highest BCUT2D eigenvalue weighted by Gasteiger charge is 2.16. The molecule has 1 aliphatic heterocycles. The van der Waals surface area contributed by atoms with E-state index in [1.807, 2.05) is 0 Å². The first-order chi connectivity index (χ1) is 11.0. The number of benzene rings is 1. The van der Waals surface area contributed by atoms with Gasteiger partial charge in [0.15, 0.2) is 17.3 Å². The van der Waals surface area contributed by atoms with Gasteiger partial charge in [-0.15, -0.1) is 0 Å². The molecule has 0 fully saturated rings. The summed E-state index contributed by atoms with van der Waals surface area (Å²) in [5.74, 6) is 0.460. The average molecular weight is 314 g/mol. The molecular formula is C17H14O6. The molecule has 0 saturated heterocycles. The summed E-state index contributed by atoms with van der Waals surface area (Å²) in [5, 5.41) is 9.75. The Morgan fingerprint density at radius 2 is 1.91 bits per heavy atom. The molecule has 23 heavy (non-hydrogen) atoms. The Hall–Kier alpha value is -3.02. The molecule has 1 N–H and O–H groups in total. The van der Waals surface area contributed by atoms with E-state index in [1.165, 1.54) is 25.1 Å². The number of rotatable bonds is 3. The van der Waals surface area contributed by atoms with E-state index < -0.39 is 17.2 Å². The summed E-state index contributed by atoms with van der Waals surface area (Å²) in [7, 11) is 0. The smallest absolute Gasteiger partial charge is 0.351 e. The molecule has 1 aromatic heterocycles. The fourth-order valence-corrected chi connectivity index (χ4v) is 2.24. The number of fused-ring (bicyclic) bond motifs is 1. The minimum atomic E-state index is -0.862. The van der Waals surface area contributed by atoms with Gasteiger partial charge in [-0.05, 0) is 30.7 Å². The van der Waals surface area contributed by atoms with Crippen LogP contribution < -0.4 is 15.1 Å². The second kappa shape index (κ2) is 6.00. The maximum absolute atomic E-state index is 12.1.